The Morgan fingerprint density at radius 1 is 0.368 bits per heavy atom. The molecule has 0 spiro atoms. The summed E-state index contributed by atoms with van der Waals surface area (Å²) < 4.78 is 13.4. The summed E-state index contributed by atoms with van der Waals surface area (Å²) in [5, 5.41) is 11.9. The van der Waals surface area contributed by atoms with E-state index in [2.05, 4.69) is 231 Å². The molecule has 4 heteroatoms. The number of aryl methyl sites for hydroxylation is 1. The van der Waals surface area contributed by atoms with E-state index >= 15 is 0 Å². The molecule has 68 heavy (non-hydrogen) atoms. The maximum atomic E-state index is 6.77. The SMILES string of the molecule is Cc1c2c3c(cccc3c3cc(N(c4ccccc4)c4cccc5c4oc4ccccc45)ccc13)C(C)(C)c1cc(N(c3cccc4ccccc34)c3cccc4c3oc3ccccc34)ccc1-2. The van der Waals surface area contributed by atoms with Gasteiger partial charge in [-0.25, -0.2) is 0 Å². The van der Waals surface area contributed by atoms with Crippen LogP contribution in [0.25, 0.3) is 87.3 Å². The monoisotopic (exact) mass is 872 g/mol. The molecule has 2 heterocycles. The third-order valence-electron chi connectivity index (χ3n) is 14.8. The molecule has 0 radical (unpaired) electrons. The molecular weight excluding hydrogens is 829 g/mol. The van der Waals surface area contributed by atoms with E-state index in [0.29, 0.717) is 0 Å². The van der Waals surface area contributed by atoms with E-state index in [9.17, 15) is 0 Å². The van der Waals surface area contributed by atoms with Crippen LogP contribution in [0.4, 0.5) is 34.1 Å². The summed E-state index contributed by atoms with van der Waals surface area (Å²) >= 11 is 0. The highest BCUT2D eigenvalue weighted by Gasteiger charge is 2.36. The molecule has 0 N–H and O–H groups in total. The van der Waals surface area contributed by atoms with Crippen LogP contribution in [0.1, 0.15) is 30.5 Å². The highest BCUT2D eigenvalue weighted by Crippen LogP contribution is 2.55. The number of benzene rings is 11. The maximum Gasteiger partial charge on any atom is 0.159 e. The first-order valence-corrected chi connectivity index (χ1v) is 23.5. The third-order valence-corrected chi connectivity index (χ3v) is 14.8. The minimum Gasteiger partial charge on any atom is -0.454 e. The first-order chi connectivity index (χ1) is 33.4. The molecule has 1 aliphatic rings. The van der Waals surface area contributed by atoms with Gasteiger partial charge < -0.3 is 18.6 Å². The minimum absolute atomic E-state index is 0.335. The second kappa shape index (κ2) is 14.4. The van der Waals surface area contributed by atoms with Gasteiger partial charge in [-0.3, -0.25) is 0 Å². The molecule has 0 atom stereocenters. The summed E-state index contributed by atoms with van der Waals surface area (Å²) in [4.78, 5) is 4.77. The lowest BCUT2D eigenvalue weighted by Gasteiger charge is -2.38. The Kier molecular flexibility index (Phi) is 8.21. The van der Waals surface area contributed by atoms with Crippen molar-refractivity contribution in [2.75, 3.05) is 9.80 Å². The van der Waals surface area contributed by atoms with Crippen molar-refractivity contribution in [3.05, 3.63) is 229 Å². The third kappa shape index (κ3) is 5.49. The number of fused-ring (bicyclic) bond motifs is 11. The predicted molar refractivity (Wildman–Crippen MR) is 285 cm³/mol. The van der Waals surface area contributed by atoms with Crippen molar-refractivity contribution in [1.29, 1.82) is 0 Å². The first kappa shape index (κ1) is 38.6. The van der Waals surface area contributed by atoms with Gasteiger partial charge in [0.25, 0.3) is 0 Å². The van der Waals surface area contributed by atoms with Crippen molar-refractivity contribution < 1.29 is 8.83 Å². The molecule has 0 aliphatic heterocycles. The van der Waals surface area contributed by atoms with Crippen LogP contribution in [0, 0.1) is 6.92 Å². The summed E-state index contributed by atoms with van der Waals surface area (Å²) in [7, 11) is 0. The number of furan rings is 2. The van der Waals surface area contributed by atoms with Crippen LogP contribution in [0.5, 0.6) is 0 Å². The minimum atomic E-state index is -0.335. The van der Waals surface area contributed by atoms with Crippen molar-refractivity contribution in [2.24, 2.45) is 0 Å². The number of hydrogen-bond donors (Lipinski definition) is 0. The number of anilines is 6. The predicted octanol–water partition coefficient (Wildman–Crippen LogP) is 18.5. The summed E-state index contributed by atoms with van der Waals surface area (Å²) in [5.41, 5.74) is 16.0. The van der Waals surface area contributed by atoms with Gasteiger partial charge in [-0.1, -0.05) is 159 Å². The largest absolute Gasteiger partial charge is 0.454 e. The molecule has 0 unspecified atom stereocenters. The van der Waals surface area contributed by atoms with Crippen molar-refractivity contribution in [2.45, 2.75) is 26.2 Å². The van der Waals surface area contributed by atoms with E-state index in [-0.39, 0.29) is 5.41 Å². The van der Waals surface area contributed by atoms with Gasteiger partial charge in [0.2, 0.25) is 0 Å². The number of para-hydroxylation sites is 5. The van der Waals surface area contributed by atoms with Crippen LogP contribution < -0.4 is 9.80 Å². The summed E-state index contributed by atoms with van der Waals surface area (Å²) in [6.07, 6.45) is 0. The molecule has 0 saturated carbocycles. The van der Waals surface area contributed by atoms with Gasteiger partial charge >= 0.3 is 0 Å². The fraction of sp³-hybridized carbons (Fsp3) is 0.0625. The van der Waals surface area contributed by atoms with Crippen LogP contribution >= 0.6 is 0 Å². The Morgan fingerprint density at radius 2 is 0.912 bits per heavy atom. The standard InChI is InChI=1S/C64H44N2O2/c1-39-44-35-33-42(65(41-19-5-4-6-20-41)56-29-15-25-49-46-22-9-11-31-58(46)67-62(49)56)37-52(44)48-24-14-27-53-61(48)60(39)51-36-34-43(38-54(51)64(53,2)3)66(55-28-13-18-40-17-7-8-21-45(40)55)57-30-16-26-50-47-23-10-12-32-59(47)68-63(50)57/h4-38H,1-3H3. The van der Waals surface area contributed by atoms with Gasteiger partial charge in [0.15, 0.2) is 11.2 Å². The van der Waals surface area contributed by atoms with Crippen LogP contribution in [-0.4, -0.2) is 0 Å². The second-order valence-electron chi connectivity index (χ2n) is 18.8. The highest BCUT2D eigenvalue weighted by molar-refractivity contribution is 6.20. The average Bonchev–Trinajstić information content (AvgIpc) is 3.97. The van der Waals surface area contributed by atoms with Gasteiger partial charge in [0.05, 0.1) is 17.1 Å². The summed E-state index contributed by atoms with van der Waals surface area (Å²) in [5.74, 6) is 0. The fourth-order valence-electron chi connectivity index (χ4n) is 11.6. The molecule has 13 aromatic rings. The second-order valence-corrected chi connectivity index (χ2v) is 18.8. The van der Waals surface area contributed by atoms with Crippen LogP contribution in [-0.2, 0) is 5.41 Å². The summed E-state index contributed by atoms with van der Waals surface area (Å²) in [6.45, 7) is 7.12. The van der Waals surface area contributed by atoms with E-state index in [4.69, 9.17) is 8.83 Å². The number of rotatable bonds is 6. The maximum absolute atomic E-state index is 6.77. The van der Waals surface area contributed by atoms with Gasteiger partial charge in [-0.15, -0.1) is 0 Å². The number of hydrogen-bond acceptors (Lipinski definition) is 4. The fourth-order valence-corrected chi connectivity index (χ4v) is 11.6. The van der Waals surface area contributed by atoms with E-state index < -0.39 is 0 Å². The lowest BCUT2D eigenvalue weighted by molar-refractivity contribution is 0.645. The average molecular weight is 873 g/mol. The molecule has 0 saturated heterocycles. The molecule has 2 aromatic heterocycles. The summed E-state index contributed by atoms with van der Waals surface area (Å²) in [6, 6.07) is 76.7. The molecule has 1 aliphatic carbocycles. The van der Waals surface area contributed by atoms with Crippen molar-refractivity contribution in [1.82, 2.24) is 0 Å². The molecule has 11 aromatic carbocycles. The molecule has 0 amide bonds. The van der Waals surface area contributed by atoms with Crippen molar-refractivity contribution >= 4 is 110 Å². The van der Waals surface area contributed by atoms with Crippen LogP contribution in [0.3, 0.4) is 0 Å². The Labute approximate surface area is 393 Å². The Balaban J connectivity index is 0.983. The van der Waals surface area contributed by atoms with Gasteiger partial charge in [-0.05, 0) is 128 Å². The van der Waals surface area contributed by atoms with E-state index in [1.54, 1.807) is 0 Å². The Morgan fingerprint density at radius 3 is 1.65 bits per heavy atom. The lowest BCUT2D eigenvalue weighted by atomic mass is 9.67. The molecule has 0 fully saturated rings. The quantitative estimate of drug-likeness (QED) is 0.156. The smallest absolute Gasteiger partial charge is 0.159 e. The van der Waals surface area contributed by atoms with E-state index in [1.165, 1.54) is 60.1 Å². The normalized spacial score (nSPS) is 13.0. The zero-order valence-electron chi connectivity index (χ0n) is 37.9. The Bertz CT molecular complexity index is 4210. The van der Waals surface area contributed by atoms with Crippen LogP contribution in [0.2, 0.25) is 0 Å². The molecule has 0 bridgehead atoms. The van der Waals surface area contributed by atoms with Gasteiger partial charge in [0, 0.05) is 49.4 Å². The van der Waals surface area contributed by atoms with E-state index in [0.717, 1.165) is 78.0 Å². The van der Waals surface area contributed by atoms with Crippen LogP contribution in [0.15, 0.2) is 221 Å². The zero-order chi connectivity index (χ0) is 45.3. The highest BCUT2D eigenvalue weighted by atomic mass is 16.3. The number of nitrogens with zero attached hydrogens (tertiary/aromatic N) is 2. The topological polar surface area (TPSA) is 32.8 Å². The zero-order valence-corrected chi connectivity index (χ0v) is 37.9. The first-order valence-electron chi connectivity index (χ1n) is 23.5. The van der Waals surface area contributed by atoms with Gasteiger partial charge in [-0.2, -0.15) is 0 Å². The molecular formula is C64H44N2O2. The molecule has 4 nitrogen and oxygen atoms in total. The molecule has 14 rings (SSSR count). The van der Waals surface area contributed by atoms with E-state index in [1.807, 2.05) is 12.1 Å². The van der Waals surface area contributed by atoms with Crippen molar-refractivity contribution in [3.63, 3.8) is 0 Å². The molecule has 322 valence electrons. The van der Waals surface area contributed by atoms with Crippen molar-refractivity contribution in [3.8, 4) is 11.1 Å². The Hall–Kier alpha value is -8.60. The van der Waals surface area contributed by atoms with Gasteiger partial charge in [0.1, 0.15) is 11.2 Å². The lowest BCUT2D eigenvalue weighted by Crippen LogP contribution is -2.25.